The molecule has 1 atom stereocenters. The largest absolute Gasteiger partial charge is 0.493 e. The highest BCUT2D eigenvalue weighted by molar-refractivity contribution is 5.31. The van der Waals surface area contributed by atoms with Crippen LogP contribution in [0, 0.1) is 17.6 Å². The van der Waals surface area contributed by atoms with Crippen LogP contribution in [0.1, 0.15) is 37.9 Å². The number of ether oxygens (including phenoxy) is 1. The van der Waals surface area contributed by atoms with E-state index in [1.165, 1.54) is 13.3 Å². The standard InChI is InChI=1S/C13H16F2O2/c1-8(16)13-11(14)5-10(6-12(13)15)17-7-9-3-2-4-9/h5-6,8-9,16H,2-4,7H2,1H3. The van der Waals surface area contributed by atoms with E-state index in [1.54, 1.807) is 0 Å². The second-order valence-electron chi connectivity index (χ2n) is 4.58. The van der Waals surface area contributed by atoms with Crippen molar-refractivity contribution in [2.75, 3.05) is 6.61 Å². The molecule has 1 aliphatic carbocycles. The molecular weight excluding hydrogens is 226 g/mol. The van der Waals surface area contributed by atoms with Crippen LogP contribution in [0.5, 0.6) is 5.75 Å². The van der Waals surface area contributed by atoms with Gasteiger partial charge < -0.3 is 9.84 Å². The summed E-state index contributed by atoms with van der Waals surface area (Å²) in [6.07, 6.45) is 2.29. The van der Waals surface area contributed by atoms with Crippen LogP contribution >= 0.6 is 0 Å². The lowest BCUT2D eigenvalue weighted by molar-refractivity contribution is 0.176. The zero-order valence-electron chi connectivity index (χ0n) is 9.75. The fraction of sp³-hybridized carbons (Fsp3) is 0.538. The number of halogens is 2. The van der Waals surface area contributed by atoms with Crippen LogP contribution in [0.15, 0.2) is 12.1 Å². The Hall–Kier alpha value is -1.16. The first-order chi connectivity index (χ1) is 8.08. The summed E-state index contributed by atoms with van der Waals surface area (Å²) < 4.78 is 32.3. The molecule has 94 valence electrons. The molecule has 0 aromatic heterocycles. The van der Waals surface area contributed by atoms with Crippen LogP contribution in [-0.4, -0.2) is 11.7 Å². The quantitative estimate of drug-likeness (QED) is 0.878. The van der Waals surface area contributed by atoms with Gasteiger partial charge in [-0.25, -0.2) is 8.78 Å². The number of aliphatic hydroxyl groups excluding tert-OH is 1. The SMILES string of the molecule is CC(O)c1c(F)cc(OCC2CCC2)cc1F. The first-order valence-corrected chi connectivity index (χ1v) is 5.87. The van der Waals surface area contributed by atoms with Crippen molar-refractivity contribution in [1.82, 2.24) is 0 Å². The number of benzene rings is 1. The maximum absolute atomic E-state index is 13.5. The minimum absolute atomic E-state index is 0.191. The monoisotopic (exact) mass is 242 g/mol. The van der Waals surface area contributed by atoms with Gasteiger partial charge in [0.05, 0.1) is 18.3 Å². The van der Waals surface area contributed by atoms with Gasteiger partial charge in [-0.15, -0.1) is 0 Å². The van der Waals surface area contributed by atoms with Crippen molar-refractivity contribution in [3.05, 3.63) is 29.3 Å². The van der Waals surface area contributed by atoms with Gasteiger partial charge >= 0.3 is 0 Å². The predicted octanol–water partition coefficient (Wildman–Crippen LogP) is 3.20. The van der Waals surface area contributed by atoms with Crippen LogP contribution in [-0.2, 0) is 0 Å². The van der Waals surface area contributed by atoms with Crippen LogP contribution < -0.4 is 4.74 Å². The van der Waals surface area contributed by atoms with Crippen LogP contribution in [0.4, 0.5) is 8.78 Å². The van der Waals surface area contributed by atoms with E-state index in [-0.39, 0.29) is 11.3 Å². The summed E-state index contributed by atoms with van der Waals surface area (Å²) >= 11 is 0. The molecule has 4 heteroatoms. The highest BCUT2D eigenvalue weighted by Crippen LogP contribution is 2.29. The van der Waals surface area contributed by atoms with Crippen molar-refractivity contribution in [2.45, 2.75) is 32.3 Å². The third-order valence-corrected chi connectivity index (χ3v) is 3.18. The minimum atomic E-state index is -1.16. The lowest BCUT2D eigenvalue weighted by Crippen LogP contribution is -2.19. The maximum atomic E-state index is 13.5. The topological polar surface area (TPSA) is 29.5 Å². The highest BCUT2D eigenvalue weighted by atomic mass is 19.1. The third kappa shape index (κ3) is 2.75. The van der Waals surface area contributed by atoms with Crippen molar-refractivity contribution in [1.29, 1.82) is 0 Å². The van der Waals surface area contributed by atoms with Gasteiger partial charge in [0.25, 0.3) is 0 Å². The first-order valence-electron chi connectivity index (χ1n) is 5.87. The Balaban J connectivity index is 2.08. The molecule has 1 N–H and O–H groups in total. The fourth-order valence-electron chi connectivity index (χ4n) is 1.92. The van der Waals surface area contributed by atoms with Crippen LogP contribution in [0.2, 0.25) is 0 Å². The van der Waals surface area contributed by atoms with E-state index in [0.717, 1.165) is 25.0 Å². The predicted molar refractivity (Wildman–Crippen MR) is 59.8 cm³/mol. The lowest BCUT2D eigenvalue weighted by atomic mass is 9.86. The molecule has 1 aromatic rings. The molecule has 0 radical (unpaired) electrons. The second kappa shape index (κ2) is 5.00. The summed E-state index contributed by atoms with van der Waals surface area (Å²) in [5.74, 6) is -0.818. The average molecular weight is 242 g/mol. The smallest absolute Gasteiger partial charge is 0.135 e. The maximum Gasteiger partial charge on any atom is 0.135 e. The molecule has 0 spiro atoms. The van der Waals surface area contributed by atoms with E-state index in [4.69, 9.17) is 4.74 Å². The second-order valence-corrected chi connectivity index (χ2v) is 4.58. The number of hydrogen-bond donors (Lipinski definition) is 1. The molecule has 2 nitrogen and oxygen atoms in total. The van der Waals surface area contributed by atoms with Gasteiger partial charge in [0.1, 0.15) is 17.4 Å². The van der Waals surface area contributed by atoms with Gasteiger partial charge in [-0.1, -0.05) is 6.42 Å². The molecule has 17 heavy (non-hydrogen) atoms. The van der Waals surface area contributed by atoms with Crippen molar-refractivity contribution >= 4 is 0 Å². The molecular formula is C13H16F2O2. The molecule has 1 aliphatic rings. The number of aliphatic hydroxyl groups is 1. The normalized spacial score (nSPS) is 17.6. The molecule has 1 aromatic carbocycles. The van der Waals surface area contributed by atoms with Gasteiger partial charge in [-0.2, -0.15) is 0 Å². The van der Waals surface area contributed by atoms with Gasteiger partial charge in [0.2, 0.25) is 0 Å². The Labute approximate surface area is 99.2 Å². The summed E-state index contributed by atoms with van der Waals surface area (Å²) in [7, 11) is 0. The summed E-state index contributed by atoms with van der Waals surface area (Å²) in [5.41, 5.74) is -0.305. The molecule has 0 bridgehead atoms. The third-order valence-electron chi connectivity index (χ3n) is 3.18. The van der Waals surface area contributed by atoms with Crippen LogP contribution in [0.3, 0.4) is 0 Å². The van der Waals surface area contributed by atoms with Crippen molar-refractivity contribution < 1.29 is 18.6 Å². The molecule has 0 aliphatic heterocycles. The Morgan fingerprint density at radius 1 is 1.35 bits per heavy atom. The zero-order chi connectivity index (χ0) is 12.4. The van der Waals surface area contributed by atoms with Gasteiger partial charge in [0.15, 0.2) is 0 Å². The van der Waals surface area contributed by atoms with E-state index in [2.05, 4.69) is 0 Å². The Morgan fingerprint density at radius 2 is 1.94 bits per heavy atom. The summed E-state index contributed by atoms with van der Waals surface area (Å²) in [6.45, 7) is 1.84. The number of hydrogen-bond acceptors (Lipinski definition) is 2. The molecule has 1 unspecified atom stereocenters. The van der Waals surface area contributed by atoms with E-state index >= 15 is 0 Å². The molecule has 0 saturated heterocycles. The van der Waals surface area contributed by atoms with E-state index in [9.17, 15) is 13.9 Å². The van der Waals surface area contributed by atoms with Gasteiger partial charge in [0, 0.05) is 12.1 Å². The molecule has 1 fully saturated rings. The van der Waals surface area contributed by atoms with Gasteiger partial charge in [-0.05, 0) is 25.7 Å². The molecule has 1 saturated carbocycles. The number of rotatable bonds is 4. The van der Waals surface area contributed by atoms with Gasteiger partial charge in [-0.3, -0.25) is 0 Å². The Kier molecular flexibility index (Phi) is 3.62. The fourth-order valence-corrected chi connectivity index (χ4v) is 1.92. The Bertz CT molecular complexity index is 377. The summed E-state index contributed by atoms with van der Waals surface area (Å²) in [4.78, 5) is 0. The summed E-state index contributed by atoms with van der Waals surface area (Å²) in [6, 6.07) is 2.26. The zero-order valence-corrected chi connectivity index (χ0v) is 9.75. The van der Waals surface area contributed by atoms with E-state index in [0.29, 0.717) is 12.5 Å². The van der Waals surface area contributed by atoms with Crippen molar-refractivity contribution in [3.8, 4) is 5.75 Å². The van der Waals surface area contributed by atoms with E-state index in [1.807, 2.05) is 0 Å². The average Bonchev–Trinajstić information content (AvgIpc) is 2.13. The minimum Gasteiger partial charge on any atom is -0.493 e. The molecule has 0 heterocycles. The van der Waals surface area contributed by atoms with Crippen LogP contribution in [0.25, 0.3) is 0 Å². The molecule has 0 amide bonds. The summed E-state index contributed by atoms with van der Waals surface area (Å²) in [5, 5.41) is 9.22. The lowest BCUT2D eigenvalue weighted by Gasteiger charge is -2.25. The van der Waals surface area contributed by atoms with Crippen molar-refractivity contribution in [3.63, 3.8) is 0 Å². The van der Waals surface area contributed by atoms with Crippen molar-refractivity contribution in [2.24, 2.45) is 5.92 Å². The first kappa shape index (κ1) is 12.3. The Morgan fingerprint density at radius 3 is 2.35 bits per heavy atom. The highest BCUT2D eigenvalue weighted by Gasteiger charge is 2.20. The molecule has 2 rings (SSSR count). The van der Waals surface area contributed by atoms with E-state index < -0.39 is 17.7 Å².